The normalized spacial score (nSPS) is 15.5. The smallest absolute Gasteiger partial charge is 0.423 e. The van der Waals surface area contributed by atoms with Crippen molar-refractivity contribution in [3.8, 4) is 56.9 Å². The molecule has 16 nitrogen and oxygen atoms in total. The first-order valence-electron chi connectivity index (χ1n) is 14.9. The minimum atomic E-state index is -3.94. The molecule has 0 aliphatic carbocycles. The number of nitro groups is 2. The molecule has 2 N–H and O–H groups in total. The van der Waals surface area contributed by atoms with E-state index in [1.165, 1.54) is 60.7 Å². The average Bonchev–Trinajstić information content (AvgIpc) is 3.74. The van der Waals surface area contributed by atoms with Crippen molar-refractivity contribution in [2.24, 2.45) is 0 Å². The maximum atomic E-state index is 13.6. The van der Waals surface area contributed by atoms with Crippen LogP contribution in [0.5, 0.6) is 34.5 Å². The van der Waals surface area contributed by atoms with Crippen molar-refractivity contribution in [2.75, 3.05) is 0 Å². The largest absolute Gasteiger partial charge is 0.586 e. The van der Waals surface area contributed by atoms with Gasteiger partial charge in [0.25, 0.3) is 11.4 Å². The quantitative estimate of drug-likeness (QED) is 0.0596. The van der Waals surface area contributed by atoms with E-state index in [2.05, 4.69) is 54.3 Å². The van der Waals surface area contributed by atoms with Crippen molar-refractivity contribution >= 4 is 51.5 Å². The van der Waals surface area contributed by atoms with E-state index in [1.54, 1.807) is 0 Å². The van der Waals surface area contributed by atoms with Gasteiger partial charge < -0.3 is 38.5 Å². The molecule has 0 spiro atoms. The molecule has 8 rings (SSSR count). The van der Waals surface area contributed by atoms with E-state index in [0.717, 1.165) is 18.5 Å². The van der Waals surface area contributed by atoms with Crippen LogP contribution in [0.15, 0.2) is 83.6 Å². The summed E-state index contributed by atoms with van der Waals surface area (Å²) in [5.41, 5.74) is -0.819. The zero-order chi connectivity index (χ0) is 40.7. The summed E-state index contributed by atoms with van der Waals surface area (Å²) in [5, 5.41) is 39.3. The topological polar surface area (TPSA) is 208 Å². The molecule has 0 saturated carbocycles. The molecule has 290 valence electrons. The fourth-order valence-corrected chi connectivity index (χ4v) is 5.45. The van der Waals surface area contributed by atoms with Gasteiger partial charge in [-0.2, -0.15) is 0 Å². The fraction of sp³-hybridized carbons (Fsp3) is 0.0968. The third-order valence-electron chi connectivity index (χ3n) is 7.22. The van der Waals surface area contributed by atoms with Crippen LogP contribution in [0.1, 0.15) is 0 Å². The van der Waals surface area contributed by atoms with E-state index in [-0.39, 0.29) is 73.2 Å². The minimum absolute atomic E-state index is 0.00264. The summed E-state index contributed by atoms with van der Waals surface area (Å²) < 4.78 is 106. The highest BCUT2D eigenvalue weighted by atomic mass is 79.9. The fourth-order valence-electron chi connectivity index (χ4n) is 5.01. The van der Waals surface area contributed by atoms with E-state index in [0.29, 0.717) is 4.47 Å². The van der Waals surface area contributed by atoms with Gasteiger partial charge in [-0.3, -0.25) is 20.2 Å². The van der Waals surface area contributed by atoms with Gasteiger partial charge in [-0.25, -0.2) is 9.97 Å². The second-order valence-corrected chi connectivity index (χ2v) is 12.1. The molecule has 0 bridgehead atoms. The van der Waals surface area contributed by atoms with Crippen LogP contribution < -0.4 is 33.9 Å². The molecule has 25 heteroatoms. The molecule has 3 aliphatic rings. The maximum Gasteiger partial charge on any atom is 0.586 e. The van der Waals surface area contributed by atoms with Gasteiger partial charge in [-0.05, 0) is 40.2 Å². The van der Waals surface area contributed by atoms with E-state index < -0.39 is 41.5 Å². The van der Waals surface area contributed by atoms with Crippen LogP contribution in [0.3, 0.4) is 0 Å². The van der Waals surface area contributed by atoms with Crippen molar-refractivity contribution in [3.05, 3.63) is 109 Å². The van der Waals surface area contributed by atoms with Crippen LogP contribution >= 0.6 is 27.5 Å². The summed E-state index contributed by atoms with van der Waals surface area (Å²) in [6.45, 7) is 0. The Kier molecular flexibility index (Phi) is 10.5. The van der Waals surface area contributed by atoms with E-state index in [1.807, 2.05) is 0 Å². The Labute approximate surface area is 320 Å². The molecule has 3 aromatic carbocycles. The highest BCUT2D eigenvalue weighted by Gasteiger charge is 2.47. The first-order valence-corrected chi connectivity index (χ1v) is 16.0. The number of alkyl halides is 6. The van der Waals surface area contributed by atoms with Gasteiger partial charge in [0, 0.05) is 34.3 Å². The number of rotatable bonds is 5. The number of aromatic nitrogens is 2. The van der Waals surface area contributed by atoms with Crippen LogP contribution in [-0.2, 0) is 0 Å². The van der Waals surface area contributed by atoms with Gasteiger partial charge in [0.15, 0.2) is 34.5 Å². The first kappa shape index (κ1) is 39.6. The second kappa shape index (κ2) is 14.9. The van der Waals surface area contributed by atoms with Gasteiger partial charge in [0.05, 0.1) is 20.0 Å². The Bertz CT molecular complexity index is 2390. The SMILES string of the molecule is O=[N+]([O-])c1cnc(-c2cccc3c2OC(F)(F)O3)c(-c2cccc3c2OC(F)(F)O3)c1.O=[N+]([O-])c1cnc(Cl)c(Br)c1.OB(O)c1cccc2c1OC(F)(F)O2. The van der Waals surface area contributed by atoms with Crippen molar-refractivity contribution in [2.45, 2.75) is 18.9 Å². The van der Waals surface area contributed by atoms with Crippen molar-refractivity contribution < 1.29 is 74.7 Å². The molecular weight excluding hydrogens is 861 g/mol. The maximum absolute atomic E-state index is 13.6. The van der Waals surface area contributed by atoms with Crippen LogP contribution in [0, 0.1) is 20.2 Å². The lowest BCUT2D eigenvalue weighted by molar-refractivity contribution is -0.385. The van der Waals surface area contributed by atoms with Gasteiger partial charge in [0.2, 0.25) is 0 Å². The molecule has 2 aromatic heterocycles. The predicted molar refractivity (Wildman–Crippen MR) is 180 cm³/mol. The number of fused-ring (bicyclic) bond motifs is 3. The van der Waals surface area contributed by atoms with Crippen LogP contribution in [-0.4, -0.2) is 55.9 Å². The van der Waals surface area contributed by atoms with E-state index in [4.69, 9.17) is 21.6 Å². The molecule has 0 atom stereocenters. The van der Waals surface area contributed by atoms with E-state index >= 15 is 0 Å². The molecule has 0 fully saturated rings. The number of hydrogen-bond donors (Lipinski definition) is 2. The van der Waals surface area contributed by atoms with Gasteiger partial charge in [-0.1, -0.05) is 41.9 Å². The van der Waals surface area contributed by atoms with Crippen molar-refractivity contribution in [3.63, 3.8) is 0 Å². The molecule has 56 heavy (non-hydrogen) atoms. The third kappa shape index (κ3) is 8.41. The van der Waals surface area contributed by atoms with Gasteiger partial charge >= 0.3 is 26.0 Å². The average molecular weight is 876 g/mol. The number of hydrogen-bond acceptors (Lipinski definition) is 14. The summed E-state index contributed by atoms with van der Waals surface area (Å²) in [4.78, 5) is 27.8. The molecule has 3 aliphatic heterocycles. The standard InChI is InChI=1S/C19H8F4N2O6.C7H5BF2O4.C5H2BrClN2O2/c20-18(21)28-13-5-1-3-10(16(13)30-18)12-7-9(25(26)27)8-24-15(12)11-4-2-6-14-17(11)31-19(22,23)29-14;9-7(10)13-5-3-1-2-4(8(11)12)6(5)14-7;6-4-1-3(9(10)11)2-8-5(4)7/h1-8H;1-3,11-12H;1-2H. The Morgan fingerprint density at radius 1 is 0.643 bits per heavy atom. The summed E-state index contributed by atoms with van der Waals surface area (Å²) in [6.07, 6.45) is -9.60. The Morgan fingerprint density at radius 2 is 1.09 bits per heavy atom. The lowest BCUT2D eigenvalue weighted by Crippen LogP contribution is -2.32. The summed E-state index contributed by atoms with van der Waals surface area (Å²) in [7, 11) is -1.87. The third-order valence-corrected chi connectivity index (χ3v) is 8.35. The molecule has 5 heterocycles. The lowest BCUT2D eigenvalue weighted by atomic mass is 9.79. The first-order chi connectivity index (χ1) is 26.2. The van der Waals surface area contributed by atoms with Crippen molar-refractivity contribution in [1.29, 1.82) is 0 Å². The highest BCUT2D eigenvalue weighted by molar-refractivity contribution is 9.10. The van der Waals surface area contributed by atoms with E-state index in [9.17, 15) is 46.6 Å². The van der Waals surface area contributed by atoms with Crippen LogP contribution in [0.2, 0.25) is 5.15 Å². The Morgan fingerprint density at radius 3 is 1.61 bits per heavy atom. The molecule has 0 unspecified atom stereocenters. The molecule has 5 aromatic rings. The zero-order valence-electron chi connectivity index (χ0n) is 26.9. The van der Waals surface area contributed by atoms with Crippen LogP contribution in [0.4, 0.5) is 37.7 Å². The number of pyridine rings is 2. The number of ether oxygens (including phenoxy) is 6. The second-order valence-electron chi connectivity index (χ2n) is 10.9. The van der Waals surface area contributed by atoms with Gasteiger partial charge in [-0.15, -0.1) is 26.3 Å². The number of benzene rings is 3. The zero-order valence-corrected chi connectivity index (χ0v) is 29.2. The molecular formula is C31H15BBrClF6N4O12. The Hall–Kier alpha value is -6.11. The number of nitrogens with zero attached hydrogens (tertiary/aromatic N) is 4. The molecule has 0 radical (unpaired) electrons. The molecule has 0 amide bonds. The highest BCUT2D eigenvalue weighted by Crippen LogP contribution is 2.52. The minimum Gasteiger partial charge on any atom is -0.423 e. The predicted octanol–water partition coefficient (Wildman–Crippen LogP) is 7.06. The summed E-state index contributed by atoms with van der Waals surface area (Å²) in [5.74, 6) is -1.87. The number of para-hydroxylation sites is 3. The summed E-state index contributed by atoms with van der Waals surface area (Å²) in [6, 6.07) is 14.2. The monoisotopic (exact) mass is 874 g/mol. The van der Waals surface area contributed by atoms with Crippen LogP contribution in [0.25, 0.3) is 22.4 Å². The van der Waals surface area contributed by atoms with Crippen molar-refractivity contribution in [1.82, 2.24) is 9.97 Å². The molecule has 0 saturated heterocycles. The number of halogens is 8. The Balaban J connectivity index is 0.000000174. The lowest BCUT2D eigenvalue weighted by Gasteiger charge is -2.13. The summed E-state index contributed by atoms with van der Waals surface area (Å²) >= 11 is 8.52. The van der Waals surface area contributed by atoms with Gasteiger partial charge in [0.1, 0.15) is 17.5 Å².